The van der Waals surface area contributed by atoms with Gasteiger partial charge in [0.25, 0.3) is 0 Å². The van der Waals surface area contributed by atoms with Crippen LogP contribution in [0.4, 0.5) is 0 Å². The van der Waals surface area contributed by atoms with E-state index in [0.717, 1.165) is 12.8 Å². The predicted octanol–water partition coefficient (Wildman–Crippen LogP) is 1.19. The SMILES string of the molecule is CC1(C)CC2(CC(=O)OC2CN)CC(C)(C)N1. The number of nitrogens with one attached hydrogen (secondary N) is 1. The number of rotatable bonds is 1. The van der Waals surface area contributed by atoms with Gasteiger partial charge in [-0.3, -0.25) is 4.79 Å². The first-order valence-electron chi connectivity index (χ1n) is 6.37. The Kier molecular flexibility index (Phi) is 2.79. The molecule has 2 aliphatic heterocycles. The molecule has 1 unspecified atom stereocenters. The lowest BCUT2D eigenvalue weighted by Crippen LogP contribution is -2.63. The fourth-order valence-electron chi connectivity index (χ4n) is 4.20. The predicted molar refractivity (Wildman–Crippen MR) is 66.5 cm³/mol. The third kappa shape index (κ3) is 2.33. The van der Waals surface area contributed by atoms with Crippen LogP contribution >= 0.6 is 0 Å². The highest BCUT2D eigenvalue weighted by Gasteiger charge is 2.56. The smallest absolute Gasteiger partial charge is 0.306 e. The number of nitrogens with two attached hydrogens (primary N) is 1. The van der Waals surface area contributed by atoms with Gasteiger partial charge < -0.3 is 15.8 Å². The summed E-state index contributed by atoms with van der Waals surface area (Å²) in [6.07, 6.45) is 2.29. The second kappa shape index (κ2) is 3.69. The normalized spacial score (nSPS) is 33.7. The Labute approximate surface area is 103 Å². The minimum absolute atomic E-state index is 0.0170. The van der Waals surface area contributed by atoms with Crippen LogP contribution < -0.4 is 11.1 Å². The fourth-order valence-corrected chi connectivity index (χ4v) is 4.20. The van der Waals surface area contributed by atoms with Gasteiger partial charge >= 0.3 is 5.97 Å². The highest BCUT2D eigenvalue weighted by molar-refractivity contribution is 5.73. The summed E-state index contributed by atoms with van der Waals surface area (Å²) in [4.78, 5) is 11.6. The first-order valence-corrected chi connectivity index (χ1v) is 6.37. The molecule has 2 saturated heterocycles. The molecule has 17 heavy (non-hydrogen) atoms. The molecule has 0 saturated carbocycles. The van der Waals surface area contributed by atoms with Crippen molar-refractivity contribution in [3.05, 3.63) is 0 Å². The van der Waals surface area contributed by atoms with Crippen LogP contribution in [0.25, 0.3) is 0 Å². The second-order valence-electron chi connectivity index (χ2n) is 7.00. The summed E-state index contributed by atoms with van der Waals surface area (Å²) in [7, 11) is 0. The number of hydrogen-bond donors (Lipinski definition) is 2. The maximum atomic E-state index is 11.6. The van der Waals surface area contributed by atoms with E-state index >= 15 is 0 Å². The lowest BCUT2D eigenvalue weighted by molar-refractivity contribution is -0.141. The van der Waals surface area contributed by atoms with Crippen molar-refractivity contribution in [1.82, 2.24) is 5.32 Å². The number of hydrogen-bond acceptors (Lipinski definition) is 4. The zero-order chi connectivity index (χ0) is 12.9. The van der Waals surface area contributed by atoms with Crippen molar-refractivity contribution in [2.75, 3.05) is 6.54 Å². The summed E-state index contributed by atoms with van der Waals surface area (Å²) in [5.41, 5.74) is 5.74. The van der Waals surface area contributed by atoms with E-state index in [0.29, 0.717) is 13.0 Å². The van der Waals surface area contributed by atoms with Gasteiger partial charge in [-0.25, -0.2) is 0 Å². The van der Waals surface area contributed by atoms with Crippen LogP contribution in [0.1, 0.15) is 47.0 Å². The quantitative estimate of drug-likeness (QED) is 0.676. The molecular formula is C13H24N2O2. The van der Waals surface area contributed by atoms with E-state index in [1.54, 1.807) is 0 Å². The van der Waals surface area contributed by atoms with Crippen LogP contribution in [0.5, 0.6) is 0 Å². The number of carbonyl (C=O) groups is 1. The van der Waals surface area contributed by atoms with Crippen molar-refractivity contribution in [2.24, 2.45) is 11.1 Å². The largest absolute Gasteiger partial charge is 0.460 e. The molecule has 2 rings (SSSR count). The average Bonchev–Trinajstić information content (AvgIpc) is 2.34. The Balaban J connectivity index is 2.33. The van der Waals surface area contributed by atoms with Crippen LogP contribution in [0.15, 0.2) is 0 Å². The Morgan fingerprint density at radius 1 is 1.29 bits per heavy atom. The third-order valence-corrected chi connectivity index (χ3v) is 3.93. The molecule has 4 nitrogen and oxygen atoms in total. The zero-order valence-electron chi connectivity index (χ0n) is 11.3. The maximum Gasteiger partial charge on any atom is 0.306 e. The Morgan fingerprint density at radius 2 is 1.82 bits per heavy atom. The van der Waals surface area contributed by atoms with E-state index in [1.807, 2.05) is 0 Å². The van der Waals surface area contributed by atoms with E-state index in [4.69, 9.17) is 10.5 Å². The lowest BCUT2D eigenvalue weighted by atomic mass is 9.62. The van der Waals surface area contributed by atoms with Gasteiger partial charge in [0, 0.05) is 23.0 Å². The molecule has 0 aromatic heterocycles. The van der Waals surface area contributed by atoms with Gasteiger partial charge in [-0.2, -0.15) is 0 Å². The summed E-state index contributed by atoms with van der Waals surface area (Å²) in [6.45, 7) is 9.17. The van der Waals surface area contributed by atoms with E-state index in [2.05, 4.69) is 33.0 Å². The molecule has 2 aliphatic rings. The van der Waals surface area contributed by atoms with Crippen LogP contribution in [0.2, 0.25) is 0 Å². The van der Waals surface area contributed by atoms with E-state index in [9.17, 15) is 4.79 Å². The number of esters is 1. The highest BCUT2D eigenvalue weighted by atomic mass is 16.6. The Bertz CT molecular complexity index is 320. The summed E-state index contributed by atoms with van der Waals surface area (Å²) in [6, 6.07) is 0. The molecule has 0 amide bonds. The molecule has 0 aliphatic carbocycles. The topological polar surface area (TPSA) is 64.3 Å². The van der Waals surface area contributed by atoms with Gasteiger partial charge in [0.1, 0.15) is 6.10 Å². The number of cyclic esters (lactones) is 1. The van der Waals surface area contributed by atoms with Crippen LogP contribution in [-0.2, 0) is 9.53 Å². The summed E-state index contributed by atoms with van der Waals surface area (Å²) < 4.78 is 5.40. The Morgan fingerprint density at radius 3 is 2.29 bits per heavy atom. The van der Waals surface area contributed by atoms with Gasteiger partial charge in [-0.05, 0) is 40.5 Å². The molecule has 0 radical (unpaired) electrons. The summed E-state index contributed by atoms with van der Waals surface area (Å²) in [5, 5.41) is 3.63. The van der Waals surface area contributed by atoms with Gasteiger partial charge in [-0.1, -0.05) is 0 Å². The molecule has 98 valence electrons. The average molecular weight is 240 g/mol. The van der Waals surface area contributed by atoms with Gasteiger partial charge in [0.2, 0.25) is 0 Å². The molecule has 0 aromatic carbocycles. The third-order valence-electron chi connectivity index (χ3n) is 3.93. The van der Waals surface area contributed by atoms with Crippen LogP contribution in [0, 0.1) is 5.41 Å². The summed E-state index contributed by atoms with van der Waals surface area (Å²) >= 11 is 0. The molecule has 4 heteroatoms. The number of ether oxygens (including phenoxy) is 1. The van der Waals surface area contributed by atoms with E-state index < -0.39 is 0 Å². The van der Waals surface area contributed by atoms with Gasteiger partial charge in [0.15, 0.2) is 0 Å². The molecule has 1 atom stereocenters. The van der Waals surface area contributed by atoms with Crippen LogP contribution in [-0.4, -0.2) is 29.7 Å². The highest BCUT2D eigenvalue weighted by Crippen LogP contribution is 2.50. The number of carbonyl (C=O) groups excluding carboxylic acids is 1. The standard InChI is InChI=1S/C13H24N2O2/c1-11(2)7-13(8-12(3,4)15-11)5-10(16)17-9(13)6-14/h9,15H,5-8,14H2,1-4H3. The van der Waals surface area contributed by atoms with Crippen molar-refractivity contribution >= 4 is 5.97 Å². The van der Waals surface area contributed by atoms with E-state index in [-0.39, 0.29) is 28.6 Å². The fraction of sp³-hybridized carbons (Fsp3) is 0.923. The Hall–Kier alpha value is -0.610. The first-order chi connectivity index (χ1) is 7.68. The molecule has 2 fully saturated rings. The maximum absolute atomic E-state index is 11.6. The van der Waals surface area contributed by atoms with Crippen molar-refractivity contribution in [1.29, 1.82) is 0 Å². The van der Waals surface area contributed by atoms with E-state index in [1.165, 1.54) is 0 Å². The van der Waals surface area contributed by atoms with Crippen molar-refractivity contribution in [2.45, 2.75) is 64.1 Å². The minimum Gasteiger partial charge on any atom is -0.460 e. The van der Waals surface area contributed by atoms with Crippen molar-refractivity contribution in [3.63, 3.8) is 0 Å². The minimum atomic E-state index is -0.115. The van der Waals surface area contributed by atoms with Crippen molar-refractivity contribution in [3.8, 4) is 0 Å². The molecule has 0 bridgehead atoms. The van der Waals surface area contributed by atoms with Gasteiger partial charge in [0.05, 0.1) is 6.42 Å². The molecular weight excluding hydrogens is 216 g/mol. The van der Waals surface area contributed by atoms with Crippen LogP contribution in [0.3, 0.4) is 0 Å². The molecule has 2 heterocycles. The molecule has 3 N–H and O–H groups in total. The molecule has 1 spiro atoms. The lowest BCUT2D eigenvalue weighted by Gasteiger charge is -2.52. The van der Waals surface area contributed by atoms with Gasteiger partial charge in [-0.15, -0.1) is 0 Å². The summed E-state index contributed by atoms with van der Waals surface area (Å²) in [5.74, 6) is -0.0889. The van der Waals surface area contributed by atoms with Crippen molar-refractivity contribution < 1.29 is 9.53 Å². The zero-order valence-corrected chi connectivity index (χ0v) is 11.3. The molecule has 0 aromatic rings. The number of piperidine rings is 1. The monoisotopic (exact) mass is 240 g/mol. The first kappa shape index (κ1) is 12.8. The second-order valence-corrected chi connectivity index (χ2v) is 7.00.